The lowest BCUT2D eigenvalue weighted by Gasteiger charge is -2.34. The summed E-state index contributed by atoms with van der Waals surface area (Å²) in [5, 5.41) is 15.8. The smallest absolute Gasteiger partial charge is 0.253 e. The lowest BCUT2D eigenvalue weighted by Crippen LogP contribution is -2.39. The SMILES string of the molecule is Cc1nn(-c2ccc(C(=O)N3CCC(C(O)c4ccccc4)CC3)cc2)c(C)c1Cl. The molecule has 0 radical (unpaired) electrons. The number of carbonyl (C=O) groups is 1. The van der Waals surface area contributed by atoms with E-state index in [4.69, 9.17) is 11.6 Å². The number of halogens is 1. The summed E-state index contributed by atoms with van der Waals surface area (Å²) < 4.78 is 1.79. The Bertz CT molecular complexity index is 1020. The van der Waals surface area contributed by atoms with Gasteiger partial charge in [0.05, 0.1) is 28.2 Å². The van der Waals surface area contributed by atoms with Gasteiger partial charge < -0.3 is 10.0 Å². The summed E-state index contributed by atoms with van der Waals surface area (Å²) in [4.78, 5) is 14.8. The van der Waals surface area contributed by atoms with Gasteiger partial charge >= 0.3 is 0 Å². The molecule has 1 amide bonds. The number of amides is 1. The van der Waals surface area contributed by atoms with Gasteiger partial charge in [0.2, 0.25) is 0 Å². The molecular formula is C24H26ClN3O2. The first-order chi connectivity index (χ1) is 14.5. The number of aromatic nitrogens is 2. The Kier molecular flexibility index (Phi) is 5.93. The standard InChI is InChI=1S/C24H26ClN3O2/c1-16-22(25)17(2)28(26-16)21-10-8-20(9-11-21)24(30)27-14-12-19(13-15-27)23(29)18-6-4-3-5-7-18/h3-11,19,23,29H,12-15H2,1-2H3. The molecule has 156 valence electrons. The Morgan fingerprint density at radius 3 is 2.27 bits per heavy atom. The summed E-state index contributed by atoms with van der Waals surface area (Å²) in [5.41, 5.74) is 4.15. The van der Waals surface area contributed by atoms with Crippen molar-refractivity contribution in [1.82, 2.24) is 14.7 Å². The lowest BCUT2D eigenvalue weighted by molar-refractivity contribution is 0.0462. The zero-order valence-corrected chi connectivity index (χ0v) is 18.0. The van der Waals surface area contributed by atoms with E-state index in [-0.39, 0.29) is 11.8 Å². The summed E-state index contributed by atoms with van der Waals surface area (Å²) in [7, 11) is 0. The van der Waals surface area contributed by atoms with Crippen molar-refractivity contribution in [2.24, 2.45) is 5.92 Å². The van der Waals surface area contributed by atoms with E-state index < -0.39 is 6.10 Å². The fourth-order valence-electron chi connectivity index (χ4n) is 4.14. The number of benzene rings is 2. The molecule has 2 heterocycles. The Labute approximate surface area is 181 Å². The fraction of sp³-hybridized carbons (Fsp3) is 0.333. The summed E-state index contributed by atoms with van der Waals surface area (Å²) in [6.45, 7) is 5.11. The van der Waals surface area contributed by atoms with Gasteiger partial charge in [0.15, 0.2) is 0 Å². The van der Waals surface area contributed by atoms with E-state index in [1.54, 1.807) is 4.68 Å². The van der Waals surface area contributed by atoms with Crippen LogP contribution in [0.1, 0.15) is 46.3 Å². The molecule has 0 bridgehead atoms. The first kappa shape index (κ1) is 20.6. The van der Waals surface area contributed by atoms with Crippen LogP contribution in [-0.4, -0.2) is 38.8 Å². The average molecular weight is 424 g/mol. The quantitative estimate of drug-likeness (QED) is 0.660. The molecule has 1 N–H and O–H groups in total. The largest absolute Gasteiger partial charge is 0.388 e. The van der Waals surface area contributed by atoms with Crippen molar-refractivity contribution in [2.75, 3.05) is 13.1 Å². The molecule has 1 saturated heterocycles. The number of nitrogens with zero attached hydrogens (tertiary/aromatic N) is 3. The van der Waals surface area contributed by atoms with E-state index in [2.05, 4.69) is 5.10 Å². The number of piperidine rings is 1. The summed E-state index contributed by atoms with van der Waals surface area (Å²) >= 11 is 6.24. The minimum absolute atomic E-state index is 0.0283. The molecule has 1 aromatic heterocycles. The predicted molar refractivity (Wildman–Crippen MR) is 118 cm³/mol. The van der Waals surface area contributed by atoms with E-state index in [1.165, 1.54) is 0 Å². The van der Waals surface area contributed by atoms with Gasteiger partial charge in [-0.15, -0.1) is 0 Å². The van der Waals surface area contributed by atoms with Crippen molar-refractivity contribution in [3.8, 4) is 5.69 Å². The fourth-order valence-corrected chi connectivity index (χ4v) is 4.26. The maximum absolute atomic E-state index is 12.9. The van der Waals surface area contributed by atoms with Gasteiger partial charge in [0.25, 0.3) is 5.91 Å². The molecule has 30 heavy (non-hydrogen) atoms. The van der Waals surface area contributed by atoms with E-state index >= 15 is 0 Å². The van der Waals surface area contributed by atoms with Crippen LogP contribution in [0.4, 0.5) is 0 Å². The third-order valence-electron chi connectivity index (χ3n) is 5.98. The summed E-state index contributed by atoms with van der Waals surface area (Å²) in [6, 6.07) is 17.2. The van der Waals surface area contributed by atoms with Crippen LogP contribution in [0.15, 0.2) is 54.6 Å². The summed E-state index contributed by atoms with van der Waals surface area (Å²) in [5.74, 6) is 0.204. The second kappa shape index (κ2) is 8.62. The number of likely N-dealkylation sites (tertiary alicyclic amines) is 1. The van der Waals surface area contributed by atoms with Gasteiger partial charge in [0, 0.05) is 18.7 Å². The Hall–Kier alpha value is -2.63. The average Bonchev–Trinajstić information content (AvgIpc) is 3.06. The Morgan fingerprint density at radius 2 is 1.70 bits per heavy atom. The molecule has 1 atom stereocenters. The van der Waals surface area contributed by atoms with Gasteiger partial charge in [-0.05, 0) is 62.4 Å². The second-order valence-corrected chi connectivity index (χ2v) is 8.31. The minimum atomic E-state index is -0.477. The summed E-state index contributed by atoms with van der Waals surface area (Å²) in [6.07, 6.45) is 1.12. The monoisotopic (exact) mass is 423 g/mol. The first-order valence-electron chi connectivity index (χ1n) is 10.3. The minimum Gasteiger partial charge on any atom is -0.388 e. The van der Waals surface area contributed by atoms with Crippen LogP contribution in [0.25, 0.3) is 5.69 Å². The maximum Gasteiger partial charge on any atom is 0.253 e. The number of aryl methyl sites for hydroxylation is 1. The van der Waals surface area contributed by atoms with E-state index in [1.807, 2.05) is 73.3 Å². The number of carbonyl (C=O) groups excluding carboxylic acids is 1. The van der Waals surface area contributed by atoms with Crippen LogP contribution in [0, 0.1) is 19.8 Å². The molecule has 6 heteroatoms. The molecule has 4 rings (SSSR count). The molecule has 1 aliphatic rings. The zero-order valence-electron chi connectivity index (χ0n) is 17.3. The number of hydrogen-bond acceptors (Lipinski definition) is 3. The molecule has 2 aromatic carbocycles. The Balaban J connectivity index is 1.40. The van der Waals surface area contributed by atoms with Gasteiger partial charge in [0.1, 0.15) is 0 Å². The molecule has 0 aliphatic carbocycles. The molecule has 1 fully saturated rings. The molecule has 1 unspecified atom stereocenters. The highest BCUT2D eigenvalue weighted by molar-refractivity contribution is 6.31. The normalized spacial score (nSPS) is 15.9. The number of aliphatic hydroxyl groups is 1. The maximum atomic E-state index is 12.9. The van der Waals surface area contributed by atoms with Gasteiger partial charge in [-0.1, -0.05) is 41.9 Å². The van der Waals surface area contributed by atoms with Crippen LogP contribution in [0.3, 0.4) is 0 Å². The number of aliphatic hydroxyl groups excluding tert-OH is 1. The predicted octanol–water partition coefficient (Wildman–Crippen LogP) is 4.73. The first-order valence-corrected chi connectivity index (χ1v) is 10.7. The highest BCUT2D eigenvalue weighted by atomic mass is 35.5. The van der Waals surface area contributed by atoms with Crippen molar-refractivity contribution in [3.63, 3.8) is 0 Å². The highest BCUT2D eigenvalue weighted by Gasteiger charge is 2.28. The van der Waals surface area contributed by atoms with Gasteiger partial charge in [-0.3, -0.25) is 4.79 Å². The van der Waals surface area contributed by atoms with Gasteiger partial charge in [-0.25, -0.2) is 4.68 Å². The molecular weight excluding hydrogens is 398 g/mol. The van der Waals surface area contributed by atoms with E-state index in [9.17, 15) is 9.90 Å². The molecule has 5 nitrogen and oxygen atoms in total. The molecule has 1 aliphatic heterocycles. The third-order valence-corrected chi connectivity index (χ3v) is 6.52. The van der Waals surface area contributed by atoms with Crippen LogP contribution >= 0.6 is 11.6 Å². The Morgan fingerprint density at radius 1 is 1.07 bits per heavy atom. The lowest BCUT2D eigenvalue weighted by atomic mass is 9.87. The zero-order chi connectivity index (χ0) is 21.3. The molecule has 0 spiro atoms. The van der Waals surface area contributed by atoms with Crippen molar-refractivity contribution in [1.29, 1.82) is 0 Å². The van der Waals surface area contributed by atoms with Crippen molar-refractivity contribution < 1.29 is 9.90 Å². The topological polar surface area (TPSA) is 58.4 Å². The van der Waals surface area contributed by atoms with Crippen LogP contribution in [0.2, 0.25) is 5.02 Å². The van der Waals surface area contributed by atoms with Crippen LogP contribution in [0.5, 0.6) is 0 Å². The molecule has 3 aromatic rings. The highest BCUT2D eigenvalue weighted by Crippen LogP contribution is 2.31. The van der Waals surface area contributed by atoms with E-state index in [0.29, 0.717) is 23.7 Å². The second-order valence-electron chi connectivity index (χ2n) is 7.93. The van der Waals surface area contributed by atoms with Crippen LogP contribution < -0.4 is 0 Å². The molecule has 0 saturated carbocycles. The third kappa shape index (κ3) is 4.00. The number of hydrogen-bond donors (Lipinski definition) is 1. The van der Waals surface area contributed by atoms with Crippen molar-refractivity contribution in [2.45, 2.75) is 32.8 Å². The van der Waals surface area contributed by atoms with Crippen molar-refractivity contribution >= 4 is 17.5 Å². The van der Waals surface area contributed by atoms with Crippen LogP contribution in [-0.2, 0) is 0 Å². The number of rotatable bonds is 4. The van der Waals surface area contributed by atoms with Crippen molar-refractivity contribution in [3.05, 3.63) is 82.1 Å². The van der Waals surface area contributed by atoms with E-state index in [0.717, 1.165) is 35.5 Å². The van der Waals surface area contributed by atoms with Gasteiger partial charge in [-0.2, -0.15) is 5.10 Å².